The van der Waals surface area contributed by atoms with Crippen molar-refractivity contribution < 1.29 is 4.79 Å². The SMILES string of the molecule is CCC(NC1CCCC1)(C(N)=O)c1ccc(C)cc1. The van der Waals surface area contributed by atoms with Crippen LogP contribution in [-0.2, 0) is 10.3 Å². The number of carbonyl (C=O) groups is 1. The first-order valence-corrected chi connectivity index (χ1v) is 7.23. The first-order valence-electron chi connectivity index (χ1n) is 7.23. The molecule has 1 aliphatic rings. The Morgan fingerprint density at radius 3 is 2.37 bits per heavy atom. The van der Waals surface area contributed by atoms with Gasteiger partial charge in [0, 0.05) is 6.04 Å². The lowest BCUT2D eigenvalue weighted by Crippen LogP contribution is -2.55. The molecule has 3 nitrogen and oxygen atoms in total. The third-order valence-electron chi connectivity index (χ3n) is 4.30. The van der Waals surface area contributed by atoms with Crippen LogP contribution in [0.3, 0.4) is 0 Å². The van der Waals surface area contributed by atoms with Crippen LogP contribution in [0.15, 0.2) is 24.3 Å². The van der Waals surface area contributed by atoms with E-state index in [-0.39, 0.29) is 5.91 Å². The molecule has 19 heavy (non-hydrogen) atoms. The van der Waals surface area contributed by atoms with E-state index in [1.165, 1.54) is 18.4 Å². The zero-order valence-electron chi connectivity index (χ0n) is 11.9. The maximum Gasteiger partial charge on any atom is 0.242 e. The predicted octanol–water partition coefficient (Wildman–Crippen LogP) is 2.62. The zero-order chi connectivity index (χ0) is 13.9. The van der Waals surface area contributed by atoms with Crippen molar-refractivity contribution >= 4 is 5.91 Å². The summed E-state index contributed by atoms with van der Waals surface area (Å²) < 4.78 is 0. The highest BCUT2D eigenvalue weighted by molar-refractivity contribution is 5.86. The first kappa shape index (κ1) is 14.1. The third kappa shape index (κ3) is 2.81. The molecule has 0 saturated heterocycles. The van der Waals surface area contributed by atoms with Gasteiger partial charge >= 0.3 is 0 Å². The van der Waals surface area contributed by atoms with Gasteiger partial charge in [0.05, 0.1) is 0 Å². The van der Waals surface area contributed by atoms with Gasteiger partial charge in [-0.1, -0.05) is 49.6 Å². The van der Waals surface area contributed by atoms with Gasteiger partial charge < -0.3 is 5.73 Å². The fourth-order valence-electron chi connectivity index (χ4n) is 3.03. The van der Waals surface area contributed by atoms with E-state index in [4.69, 9.17) is 5.73 Å². The summed E-state index contributed by atoms with van der Waals surface area (Å²) in [6.07, 6.45) is 5.44. The second-order valence-electron chi connectivity index (χ2n) is 5.61. The first-order chi connectivity index (χ1) is 9.08. The normalized spacial score (nSPS) is 19.3. The van der Waals surface area contributed by atoms with Gasteiger partial charge in [-0.25, -0.2) is 0 Å². The summed E-state index contributed by atoms with van der Waals surface area (Å²) in [5.41, 5.74) is 7.19. The van der Waals surface area contributed by atoms with Gasteiger partial charge in [0.25, 0.3) is 0 Å². The lowest BCUT2D eigenvalue weighted by Gasteiger charge is -2.34. The molecule has 1 atom stereocenters. The Kier molecular flexibility index (Phi) is 4.25. The molecular weight excluding hydrogens is 236 g/mol. The van der Waals surface area contributed by atoms with Gasteiger partial charge in [-0.05, 0) is 31.7 Å². The van der Waals surface area contributed by atoms with Crippen LogP contribution >= 0.6 is 0 Å². The van der Waals surface area contributed by atoms with Gasteiger partial charge in [-0.2, -0.15) is 0 Å². The van der Waals surface area contributed by atoms with E-state index in [9.17, 15) is 4.79 Å². The van der Waals surface area contributed by atoms with Crippen LogP contribution in [0.2, 0.25) is 0 Å². The largest absolute Gasteiger partial charge is 0.368 e. The van der Waals surface area contributed by atoms with Gasteiger partial charge in [0.15, 0.2) is 0 Å². The van der Waals surface area contributed by atoms with Crippen LogP contribution in [0.4, 0.5) is 0 Å². The van der Waals surface area contributed by atoms with E-state index < -0.39 is 5.54 Å². The fraction of sp³-hybridized carbons (Fsp3) is 0.562. The minimum atomic E-state index is -0.720. The summed E-state index contributed by atoms with van der Waals surface area (Å²) in [6, 6.07) is 8.53. The molecule has 0 bridgehead atoms. The summed E-state index contributed by atoms with van der Waals surface area (Å²) in [7, 11) is 0. The Hall–Kier alpha value is -1.35. The van der Waals surface area contributed by atoms with Crippen molar-refractivity contribution in [2.75, 3.05) is 0 Å². The molecule has 3 N–H and O–H groups in total. The van der Waals surface area contributed by atoms with Crippen LogP contribution in [0, 0.1) is 6.92 Å². The van der Waals surface area contributed by atoms with Crippen molar-refractivity contribution in [3.8, 4) is 0 Å². The number of primary amides is 1. The van der Waals surface area contributed by atoms with Crippen LogP contribution < -0.4 is 11.1 Å². The number of rotatable bonds is 5. The maximum absolute atomic E-state index is 12.1. The maximum atomic E-state index is 12.1. The number of carbonyl (C=O) groups excluding carboxylic acids is 1. The van der Waals surface area contributed by atoms with Gasteiger partial charge in [0.2, 0.25) is 5.91 Å². The second-order valence-corrected chi connectivity index (χ2v) is 5.61. The van der Waals surface area contributed by atoms with E-state index in [0.29, 0.717) is 12.5 Å². The van der Waals surface area contributed by atoms with E-state index in [1.807, 2.05) is 38.1 Å². The lowest BCUT2D eigenvalue weighted by atomic mass is 9.85. The van der Waals surface area contributed by atoms with Crippen molar-refractivity contribution in [1.82, 2.24) is 5.32 Å². The number of nitrogens with two attached hydrogens (primary N) is 1. The average Bonchev–Trinajstić information content (AvgIpc) is 2.89. The van der Waals surface area contributed by atoms with Gasteiger partial charge in [-0.15, -0.1) is 0 Å². The summed E-state index contributed by atoms with van der Waals surface area (Å²) in [4.78, 5) is 12.1. The van der Waals surface area contributed by atoms with E-state index >= 15 is 0 Å². The second kappa shape index (κ2) is 5.74. The van der Waals surface area contributed by atoms with Crippen LogP contribution in [0.25, 0.3) is 0 Å². The van der Waals surface area contributed by atoms with E-state index in [0.717, 1.165) is 18.4 Å². The van der Waals surface area contributed by atoms with Crippen LogP contribution in [0.1, 0.15) is 50.2 Å². The molecule has 0 aromatic heterocycles. The molecule has 2 rings (SSSR count). The number of hydrogen-bond donors (Lipinski definition) is 2. The summed E-state index contributed by atoms with van der Waals surface area (Å²) in [5.74, 6) is -0.272. The summed E-state index contributed by atoms with van der Waals surface area (Å²) >= 11 is 0. The molecule has 0 aliphatic heterocycles. The lowest BCUT2D eigenvalue weighted by molar-refractivity contribution is -0.125. The number of hydrogen-bond acceptors (Lipinski definition) is 2. The average molecular weight is 260 g/mol. The fourth-order valence-corrected chi connectivity index (χ4v) is 3.03. The smallest absolute Gasteiger partial charge is 0.242 e. The highest BCUT2D eigenvalue weighted by Gasteiger charge is 2.38. The molecule has 1 amide bonds. The highest BCUT2D eigenvalue weighted by Crippen LogP contribution is 2.29. The molecule has 0 spiro atoms. The minimum Gasteiger partial charge on any atom is -0.368 e. The van der Waals surface area contributed by atoms with Crippen molar-refractivity contribution in [3.63, 3.8) is 0 Å². The standard InChI is InChI=1S/C16H24N2O/c1-3-16(15(17)19,18-14-6-4-5-7-14)13-10-8-12(2)9-11-13/h8-11,14,18H,3-7H2,1-2H3,(H2,17,19). The Bertz CT molecular complexity index is 435. The molecule has 1 aromatic carbocycles. The molecule has 1 aromatic rings. The Labute approximate surface area is 115 Å². The molecular formula is C16H24N2O. The summed E-state index contributed by atoms with van der Waals surface area (Å²) in [6.45, 7) is 4.07. The number of aryl methyl sites for hydroxylation is 1. The molecule has 1 unspecified atom stereocenters. The molecule has 3 heteroatoms. The number of benzene rings is 1. The van der Waals surface area contributed by atoms with Crippen LogP contribution in [-0.4, -0.2) is 11.9 Å². The van der Waals surface area contributed by atoms with Crippen molar-refractivity contribution in [1.29, 1.82) is 0 Å². The highest BCUT2D eigenvalue weighted by atomic mass is 16.1. The molecule has 1 fully saturated rings. The molecule has 0 radical (unpaired) electrons. The monoisotopic (exact) mass is 260 g/mol. The van der Waals surface area contributed by atoms with Gasteiger partial charge in [0.1, 0.15) is 5.54 Å². The van der Waals surface area contributed by atoms with Crippen LogP contribution in [0.5, 0.6) is 0 Å². The Morgan fingerprint density at radius 1 is 1.32 bits per heavy atom. The third-order valence-corrected chi connectivity index (χ3v) is 4.30. The topological polar surface area (TPSA) is 55.1 Å². The minimum absolute atomic E-state index is 0.272. The molecule has 1 saturated carbocycles. The van der Waals surface area contributed by atoms with E-state index in [1.54, 1.807) is 0 Å². The zero-order valence-corrected chi connectivity index (χ0v) is 11.9. The summed E-state index contributed by atoms with van der Waals surface area (Å²) in [5, 5.41) is 3.54. The van der Waals surface area contributed by atoms with Gasteiger partial charge in [-0.3, -0.25) is 10.1 Å². The predicted molar refractivity (Wildman–Crippen MR) is 77.7 cm³/mol. The molecule has 0 heterocycles. The van der Waals surface area contributed by atoms with Crippen molar-refractivity contribution in [2.24, 2.45) is 5.73 Å². The number of nitrogens with one attached hydrogen (secondary N) is 1. The molecule has 104 valence electrons. The quantitative estimate of drug-likeness (QED) is 0.855. The molecule has 1 aliphatic carbocycles. The Morgan fingerprint density at radius 2 is 1.89 bits per heavy atom. The van der Waals surface area contributed by atoms with Crippen molar-refractivity contribution in [3.05, 3.63) is 35.4 Å². The van der Waals surface area contributed by atoms with E-state index in [2.05, 4.69) is 5.32 Å². The number of amides is 1. The van der Waals surface area contributed by atoms with Crippen molar-refractivity contribution in [2.45, 2.75) is 57.5 Å². The Balaban J connectivity index is 2.32.